The Labute approximate surface area is 98.8 Å². The average Bonchev–Trinajstić information content (AvgIpc) is 2.84. The van der Waals surface area contributed by atoms with Crippen LogP contribution in [0.4, 0.5) is 0 Å². The molecular formula is C11H13ClN4. The Morgan fingerprint density at radius 3 is 3.00 bits per heavy atom. The third-order valence-electron chi connectivity index (χ3n) is 3.22. The Bertz CT molecular complexity index is 522. The fourth-order valence-electron chi connectivity index (χ4n) is 2.38. The normalized spacial score (nSPS) is 22.0. The van der Waals surface area contributed by atoms with Gasteiger partial charge >= 0.3 is 0 Å². The molecule has 0 aromatic carbocycles. The van der Waals surface area contributed by atoms with Gasteiger partial charge in [0.1, 0.15) is 5.15 Å². The molecule has 0 spiro atoms. The van der Waals surface area contributed by atoms with Crippen LogP contribution in [0, 0.1) is 0 Å². The van der Waals surface area contributed by atoms with Crippen molar-refractivity contribution in [3.63, 3.8) is 0 Å². The van der Waals surface area contributed by atoms with Gasteiger partial charge in [-0.25, -0.2) is 0 Å². The van der Waals surface area contributed by atoms with Gasteiger partial charge in [-0.15, -0.1) is 10.2 Å². The molecule has 0 bridgehead atoms. The molecule has 1 aliphatic heterocycles. The largest absolute Gasteiger partial charge is 0.296 e. The molecule has 84 valence electrons. The summed E-state index contributed by atoms with van der Waals surface area (Å²) in [4.78, 5) is 2.31. The summed E-state index contributed by atoms with van der Waals surface area (Å²) >= 11 is 6.19. The zero-order valence-corrected chi connectivity index (χ0v) is 9.85. The summed E-state index contributed by atoms with van der Waals surface area (Å²) in [5.41, 5.74) is 0.822. The van der Waals surface area contributed by atoms with Gasteiger partial charge in [0.15, 0.2) is 11.5 Å². The standard InChI is InChI=1S/C11H13ClN4/c1-15-7-3-4-8(15)11-14-13-10-6-2-5-9(12)16(10)11/h2,5-6,8H,3-4,7H2,1H3. The first-order valence-electron chi connectivity index (χ1n) is 5.47. The molecule has 4 nitrogen and oxygen atoms in total. The maximum absolute atomic E-state index is 6.19. The van der Waals surface area contributed by atoms with Crippen molar-refractivity contribution in [1.29, 1.82) is 0 Å². The molecule has 0 radical (unpaired) electrons. The van der Waals surface area contributed by atoms with Crippen molar-refractivity contribution >= 4 is 17.2 Å². The van der Waals surface area contributed by atoms with Gasteiger partial charge in [0.25, 0.3) is 0 Å². The number of aromatic nitrogens is 3. The van der Waals surface area contributed by atoms with E-state index in [1.165, 1.54) is 6.42 Å². The summed E-state index contributed by atoms with van der Waals surface area (Å²) in [5.74, 6) is 0.959. The Balaban J connectivity index is 2.16. The van der Waals surface area contributed by atoms with Crippen LogP contribution in [0.2, 0.25) is 5.15 Å². The fraction of sp³-hybridized carbons (Fsp3) is 0.455. The van der Waals surface area contributed by atoms with Crippen molar-refractivity contribution in [1.82, 2.24) is 19.5 Å². The van der Waals surface area contributed by atoms with E-state index >= 15 is 0 Å². The van der Waals surface area contributed by atoms with E-state index in [1.54, 1.807) is 0 Å². The van der Waals surface area contributed by atoms with Crippen LogP contribution in [0.25, 0.3) is 5.65 Å². The summed E-state index contributed by atoms with van der Waals surface area (Å²) in [6, 6.07) is 6.04. The molecule has 0 amide bonds. The molecule has 5 heteroatoms. The Morgan fingerprint density at radius 2 is 2.25 bits per heavy atom. The first-order chi connectivity index (χ1) is 7.77. The summed E-state index contributed by atoms with van der Waals surface area (Å²) in [7, 11) is 2.12. The number of pyridine rings is 1. The SMILES string of the molecule is CN1CCCC1c1nnc2cccc(Cl)n12. The van der Waals surface area contributed by atoms with Crippen molar-refractivity contribution in [2.24, 2.45) is 0 Å². The molecule has 3 heterocycles. The van der Waals surface area contributed by atoms with Crippen LogP contribution in [0.1, 0.15) is 24.7 Å². The number of nitrogens with zero attached hydrogens (tertiary/aromatic N) is 4. The zero-order chi connectivity index (χ0) is 11.1. The highest BCUT2D eigenvalue weighted by Gasteiger charge is 2.27. The minimum atomic E-state index is 0.342. The maximum atomic E-state index is 6.19. The molecule has 0 aliphatic carbocycles. The van der Waals surface area contributed by atoms with Gasteiger partial charge in [0, 0.05) is 0 Å². The fourth-order valence-corrected chi connectivity index (χ4v) is 2.62. The topological polar surface area (TPSA) is 33.4 Å². The van der Waals surface area contributed by atoms with Crippen molar-refractivity contribution in [3.05, 3.63) is 29.2 Å². The van der Waals surface area contributed by atoms with Gasteiger partial charge in [-0.3, -0.25) is 9.30 Å². The van der Waals surface area contributed by atoms with E-state index in [0.717, 1.165) is 24.4 Å². The molecule has 1 saturated heterocycles. The maximum Gasteiger partial charge on any atom is 0.161 e. The van der Waals surface area contributed by atoms with Gasteiger partial charge < -0.3 is 0 Å². The van der Waals surface area contributed by atoms with Crippen molar-refractivity contribution in [2.45, 2.75) is 18.9 Å². The number of hydrogen-bond donors (Lipinski definition) is 0. The number of hydrogen-bond acceptors (Lipinski definition) is 3. The lowest BCUT2D eigenvalue weighted by Crippen LogP contribution is -2.19. The summed E-state index contributed by atoms with van der Waals surface area (Å²) in [6.07, 6.45) is 2.34. The van der Waals surface area contributed by atoms with E-state index in [-0.39, 0.29) is 0 Å². The second kappa shape index (κ2) is 3.71. The van der Waals surface area contributed by atoms with Crippen molar-refractivity contribution in [3.8, 4) is 0 Å². The van der Waals surface area contributed by atoms with Crippen LogP contribution in [0.5, 0.6) is 0 Å². The molecule has 0 saturated carbocycles. The third-order valence-corrected chi connectivity index (χ3v) is 3.52. The highest BCUT2D eigenvalue weighted by atomic mass is 35.5. The van der Waals surface area contributed by atoms with Gasteiger partial charge in [-0.05, 0) is 38.6 Å². The molecule has 2 aromatic heterocycles. The number of likely N-dealkylation sites (tertiary alicyclic amines) is 1. The minimum Gasteiger partial charge on any atom is -0.296 e. The van der Waals surface area contributed by atoms with Crippen LogP contribution < -0.4 is 0 Å². The van der Waals surface area contributed by atoms with E-state index in [0.29, 0.717) is 11.2 Å². The minimum absolute atomic E-state index is 0.342. The molecule has 3 rings (SSSR count). The predicted molar refractivity (Wildman–Crippen MR) is 62.6 cm³/mol. The van der Waals surface area contributed by atoms with Gasteiger partial charge in [-0.2, -0.15) is 0 Å². The van der Waals surface area contributed by atoms with E-state index in [9.17, 15) is 0 Å². The van der Waals surface area contributed by atoms with Gasteiger partial charge in [0.2, 0.25) is 0 Å². The van der Waals surface area contributed by atoms with E-state index < -0.39 is 0 Å². The van der Waals surface area contributed by atoms with Crippen LogP contribution in [0.3, 0.4) is 0 Å². The second-order valence-electron chi connectivity index (χ2n) is 4.24. The van der Waals surface area contributed by atoms with Crippen LogP contribution in [0.15, 0.2) is 18.2 Å². The first-order valence-corrected chi connectivity index (χ1v) is 5.85. The van der Waals surface area contributed by atoms with Crippen LogP contribution >= 0.6 is 11.6 Å². The molecular weight excluding hydrogens is 224 g/mol. The summed E-state index contributed by atoms with van der Waals surface area (Å²) < 4.78 is 1.94. The molecule has 1 atom stereocenters. The van der Waals surface area contributed by atoms with Crippen molar-refractivity contribution in [2.75, 3.05) is 13.6 Å². The molecule has 1 aliphatic rings. The molecule has 16 heavy (non-hydrogen) atoms. The summed E-state index contributed by atoms with van der Waals surface area (Å²) in [5, 5.41) is 9.11. The monoisotopic (exact) mass is 236 g/mol. The highest BCUT2D eigenvalue weighted by molar-refractivity contribution is 6.29. The summed E-state index contributed by atoms with van der Waals surface area (Å²) in [6.45, 7) is 1.12. The van der Waals surface area contributed by atoms with Gasteiger partial charge in [0.05, 0.1) is 6.04 Å². The Morgan fingerprint density at radius 1 is 1.38 bits per heavy atom. The number of rotatable bonds is 1. The van der Waals surface area contributed by atoms with Crippen LogP contribution in [-0.2, 0) is 0 Å². The molecule has 1 unspecified atom stereocenters. The van der Waals surface area contributed by atoms with Crippen LogP contribution in [-0.4, -0.2) is 33.1 Å². The number of fused-ring (bicyclic) bond motifs is 1. The first kappa shape index (κ1) is 10.1. The van der Waals surface area contributed by atoms with E-state index in [4.69, 9.17) is 11.6 Å². The lowest BCUT2D eigenvalue weighted by molar-refractivity contribution is 0.304. The quantitative estimate of drug-likeness (QED) is 0.712. The van der Waals surface area contributed by atoms with E-state index in [1.807, 2.05) is 22.6 Å². The third kappa shape index (κ3) is 1.41. The molecule has 0 N–H and O–H groups in total. The molecule has 2 aromatic rings. The van der Waals surface area contributed by atoms with Gasteiger partial charge in [-0.1, -0.05) is 17.7 Å². The Hall–Kier alpha value is -1.13. The average molecular weight is 237 g/mol. The number of halogens is 1. The Kier molecular flexibility index (Phi) is 2.33. The lowest BCUT2D eigenvalue weighted by Gasteiger charge is -2.17. The van der Waals surface area contributed by atoms with E-state index in [2.05, 4.69) is 22.1 Å². The van der Waals surface area contributed by atoms with Crippen molar-refractivity contribution < 1.29 is 0 Å². The zero-order valence-electron chi connectivity index (χ0n) is 9.10. The smallest absolute Gasteiger partial charge is 0.161 e. The second-order valence-corrected chi connectivity index (χ2v) is 4.63. The predicted octanol–water partition coefficient (Wildman–Crippen LogP) is 2.15. The lowest BCUT2D eigenvalue weighted by atomic mass is 10.2. The highest BCUT2D eigenvalue weighted by Crippen LogP contribution is 2.30. The molecule has 1 fully saturated rings.